The molecule has 0 aromatic carbocycles. The molecule has 0 bridgehead atoms. The van der Waals surface area contributed by atoms with Crippen molar-refractivity contribution in [2.75, 3.05) is 0 Å². The Kier molecular flexibility index (Phi) is 147. The number of hydrogen-bond acceptors (Lipinski definition) is 0. The van der Waals surface area contributed by atoms with Gasteiger partial charge in [0.15, 0.2) is 0 Å². The Morgan fingerprint density at radius 3 is 1.00 bits per heavy atom. The summed E-state index contributed by atoms with van der Waals surface area (Å²) in [5.74, 6) is 0. The van der Waals surface area contributed by atoms with Crippen LogP contribution in [0.2, 0.25) is 0 Å². The van der Waals surface area contributed by atoms with Crippen LogP contribution in [0.15, 0.2) is 0 Å². The monoisotopic (exact) mass is 540 g/mol. The molecule has 0 aliphatic carbocycles. The van der Waals surface area contributed by atoms with Crippen molar-refractivity contribution in [1.82, 2.24) is 0 Å². The molecule has 0 rings (SSSR count). The van der Waals surface area contributed by atoms with Crippen molar-refractivity contribution in [2.24, 2.45) is 0 Å². The molecule has 0 heterocycles. The SMILES string of the molecule is [B].[BiH3].[Re].[Te]. The molecule has 4 heavy (non-hydrogen) atoms. The molecule has 0 aromatic heterocycles. The zero-order valence-electron chi connectivity index (χ0n) is 2.07. The topological polar surface area (TPSA) is 0 Å². The summed E-state index contributed by atoms with van der Waals surface area (Å²) in [6.07, 6.45) is 0. The number of rotatable bonds is 0. The average molecular weight is 537 g/mol. The summed E-state index contributed by atoms with van der Waals surface area (Å²) >= 11 is 0. The summed E-state index contributed by atoms with van der Waals surface area (Å²) < 4.78 is 0. The molecule has 0 N–H and O–H groups in total. The van der Waals surface area contributed by atoms with Gasteiger partial charge in [-0.2, -0.15) is 0 Å². The maximum atomic E-state index is 0. The molecule has 0 saturated heterocycles. The molecule has 0 nitrogen and oxygen atoms in total. The van der Waals surface area contributed by atoms with Gasteiger partial charge >= 0.3 is 26.2 Å². The summed E-state index contributed by atoms with van der Waals surface area (Å²) in [7, 11) is 0. The Balaban J connectivity index is 0. The largest absolute Gasteiger partial charge is 0 e. The van der Waals surface area contributed by atoms with Gasteiger partial charge in [0.25, 0.3) is 0 Å². The fraction of sp³-hybridized carbons (Fsp3) is 0. The molecule has 0 atom stereocenters. The second-order valence-electron chi connectivity index (χ2n) is 0. The van der Waals surface area contributed by atoms with E-state index in [1.54, 1.807) is 0 Å². The van der Waals surface area contributed by atoms with Gasteiger partial charge in [-0.1, -0.05) is 0 Å². The summed E-state index contributed by atoms with van der Waals surface area (Å²) in [4.78, 5) is 0. The van der Waals surface area contributed by atoms with Crippen molar-refractivity contribution in [3.8, 4) is 0 Å². The standard InChI is InChI=1S/B.Bi.Re.Te.3H. The minimum absolute atomic E-state index is 0. The van der Waals surface area contributed by atoms with Crippen molar-refractivity contribution < 1.29 is 20.4 Å². The molecule has 0 amide bonds. The zero-order chi connectivity index (χ0) is 0. The van der Waals surface area contributed by atoms with Crippen molar-refractivity contribution in [3.63, 3.8) is 0 Å². The van der Waals surface area contributed by atoms with Crippen molar-refractivity contribution >= 4 is 58.3 Å². The Hall–Kier alpha value is 2.40. The first kappa shape index (κ1) is 32.4. The summed E-state index contributed by atoms with van der Waals surface area (Å²) in [5, 5.41) is 0. The first-order chi connectivity index (χ1) is 0. The van der Waals surface area contributed by atoms with Crippen LogP contribution in [0.5, 0.6) is 0 Å². The quantitative estimate of drug-likeness (QED) is 0.316. The first-order valence-electron chi connectivity index (χ1n) is 0. The van der Waals surface area contributed by atoms with E-state index in [2.05, 4.69) is 0 Å². The molecule has 0 unspecified atom stereocenters. The minimum atomic E-state index is 0. The van der Waals surface area contributed by atoms with Gasteiger partial charge in [0, 0.05) is 52.5 Å². The van der Waals surface area contributed by atoms with E-state index < -0.39 is 0 Å². The van der Waals surface area contributed by atoms with Crippen LogP contribution in [-0.2, 0) is 20.4 Å². The fourth-order valence-electron chi connectivity index (χ4n) is 0. The van der Waals surface area contributed by atoms with Crippen LogP contribution < -0.4 is 0 Å². The molecular weight excluding hydrogens is 534 g/mol. The van der Waals surface area contributed by atoms with Gasteiger partial charge in [-0.15, -0.1) is 0 Å². The third-order valence-corrected chi connectivity index (χ3v) is 0. The van der Waals surface area contributed by atoms with Crippen LogP contribution in [0, 0.1) is 0 Å². The third-order valence-electron chi connectivity index (χ3n) is 0. The molecule has 6 radical (unpaired) electrons. The van der Waals surface area contributed by atoms with E-state index in [1.807, 2.05) is 0 Å². The van der Waals surface area contributed by atoms with E-state index in [4.69, 9.17) is 0 Å². The van der Waals surface area contributed by atoms with E-state index in [0.29, 0.717) is 0 Å². The minimum Gasteiger partial charge on any atom is 0 e. The van der Waals surface area contributed by atoms with Crippen molar-refractivity contribution in [3.05, 3.63) is 0 Å². The smallest absolute Gasteiger partial charge is 0 e. The van der Waals surface area contributed by atoms with E-state index in [0.717, 1.165) is 0 Å². The van der Waals surface area contributed by atoms with Crippen LogP contribution in [0.4, 0.5) is 0 Å². The molecular formula is H3BBiReTe. The summed E-state index contributed by atoms with van der Waals surface area (Å²) in [6, 6.07) is 0. The van der Waals surface area contributed by atoms with Gasteiger partial charge in [-0.25, -0.2) is 0 Å². The normalized spacial score (nSPS) is 0. The van der Waals surface area contributed by atoms with E-state index >= 15 is 0 Å². The fourth-order valence-corrected chi connectivity index (χ4v) is 0. The van der Waals surface area contributed by atoms with Gasteiger partial charge < -0.3 is 0 Å². The first-order valence-corrected chi connectivity index (χ1v) is 0. The average Bonchev–Trinajstić information content (AvgIpc) is 0. The summed E-state index contributed by atoms with van der Waals surface area (Å²) in [5.41, 5.74) is 0. The zero-order valence-corrected chi connectivity index (χ0v) is 12.6. The molecule has 0 fully saturated rings. The maximum absolute atomic E-state index is 0. The Labute approximate surface area is 77.6 Å². The summed E-state index contributed by atoms with van der Waals surface area (Å²) in [6.45, 7) is 0. The van der Waals surface area contributed by atoms with E-state index in [-0.39, 0.29) is 78.7 Å². The van der Waals surface area contributed by atoms with Crippen LogP contribution in [0.1, 0.15) is 0 Å². The van der Waals surface area contributed by atoms with Crippen molar-refractivity contribution in [1.29, 1.82) is 0 Å². The van der Waals surface area contributed by atoms with Crippen LogP contribution in [0.3, 0.4) is 0 Å². The molecule has 0 saturated carbocycles. The number of hydrogen-bond donors (Lipinski definition) is 0. The maximum Gasteiger partial charge on any atom is 0 e. The second kappa shape index (κ2) is 18.2. The van der Waals surface area contributed by atoms with Gasteiger partial charge in [0.05, 0.1) is 0 Å². The predicted octanol–water partition coefficient (Wildman–Crippen LogP) is -1.95. The van der Waals surface area contributed by atoms with E-state index in [1.165, 1.54) is 0 Å². The van der Waals surface area contributed by atoms with Crippen molar-refractivity contribution in [2.45, 2.75) is 0 Å². The molecule has 0 aliphatic heterocycles. The van der Waals surface area contributed by atoms with Gasteiger partial charge in [-0.05, 0) is 0 Å². The molecule has 24 valence electrons. The predicted molar refractivity (Wildman–Crippen MR) is 21.4 cm³/mol. The van der Waals surface area contributed by atoms with Crippen LogP contribution in [-0.4, -0.2) is 58.3 Å². The molecule has 0 aromatic rings. The van der Waals surface area contributed by atoms with Crippen LogP contribution >= 0.6 is 0 Å². The van der Waals surface area contributed by atoms with E-state index in [9.17, 15) is 0 Å². The Morgan fingerprint density at radius 1 is 1.00 bits per heavy atom. The Morgan fingerprint density at radius 2 is 1.00 bits per heavy atom. The Bertz CT molecular complexity index is 8.00. The van der Waals surface area contributed by atoms with Gasteiger partial charge in [0.1, 0.15) is 0 Å². The molecule has 0 aliphatic rings. The van der Waals surface area contributed by atoms with Gasteiger partial charge in [0.2, 0.25) is 0 Å². The second-order valence-corrected chi connectivity index (χ2v) is 0. The van der Waals surface area contributed by atoms with Gasteiger partial charge in [-0.3, -0.25) is 0 Å². The molecule has 4 heteroatoms. The third kappa shape index (κ3) is 8.83. The molecule has 0 spiro atoms. The van der Waals surface area contributed by atoms with Crippen LogP contribution in [0.25, 0.3) is 0 Å².